The van der Waals surface area contributed by atoms with Gasteiger partial charge in [0, 0.05) is 5.92 Å². The summed E-state index contributed by atoms with van der Waals surface area (Å²) in [6, 6.07) is 0. The molecule has 0 aromatic rings. The number of aliphatic carboxylic acids is 1. The molecule has 1 aliphatic carbocycles. The summed E-state index contributed by atoms with van der Waals surface area (Å²) in [4.78, 5) is 22.2. The topological polar surface area (TPSA) is 88.0 Å². The third kappa shape index (κ3) is 4.42. The predicted octanol–water partition coefficient (Wildman–Crippen LogP) is 1.75. The molecule has 0 saturated heterocycles. The maximum atomic E-state index is 11.3. The van der Waals surface area contributed by atoms with Gasteiger partial charge in [-0.25, -0.2) is 15.0 Å². The Balaban J connectivity index is 2.54. The van der Waals surface area contributed by atoms with Crippen molar-refractivity contribution in [3.8, 4) is 0 Å². The zero-order valence-electron chi connectivity index (χ0n) is 10.3. The van der Waals surface area contributed by atoms with Gasteiger partial charge in [0.25, 0.3) is 0 Å². The quantitative estimate of drug-likeness (QED) is 0.583. The van der Waals surface area contributed by atoms with E-state index in [1.54, 1.807) is 20.8 Å². The molecule has 0 bridgehead atoms. The first kappa shape index (κ1) is 13.5. The van der Waals surface area contributed by atoms with E-state index in [0.29, 0.717) is 0 Å². The molecule has 0 spiro atoms. The monoisotopic (exact) mass is 242 g/mol. The van der Waals surface area contributed by atoms with E-state index >= 15 is 0 Å². The number of nitrogens with zero attached hydrogens (tertiary/aromatic N) is 1. The average molecular weight is 242 g/mol. The van der Waals surface area contributed by atoms with Crippen molar-refractivity contribution in [1.82, 2.24) is 5.43 Å². The van der Waals surface area contributed by atoms with E-state index < -0.39 is 17.7 Å². The van der Waals surface area contributed by atoms with Crippen LogP contribution in [0.2, 0.25) is 0 Å². The Labute approximate surface area is 100 Å². The Morgan fingerprint density at radius 2 is 1.94 bits per heavy atom. The number of rotatable bonds is 3. The molecule has 6 nitrogen and oxygen atoms in total. The standard InChI is InChI=1S/C11H18N2O4/c1-11(2,3)17-10(16)13-12-8(9(14)15)7-5-4-6-7/h7H,4-6H2,1-3H3,(H,13,16)(H,14,15). The van der Waals surface area contributed by atoms with Gasteiger partial charge in [0.1, 0.15) is 11.3 Å². The summed E-state index contributed by atoms with van der Waals surface area (Å²) in [7, 11) is 0. The van der Waals surface area contributed by atoms with Crippen LogP contribution in [0.15, 0.2) is 5.10 Å². The summed E-state index contributed by atoms with van der Waals surface area (Å²) in [5.41, 5.74) is 1.49. The van der Waals surface area contributed by atoms with Gasteiger partial charge in [0.05, 0.1) is 0 Å². The maximum Gasteiger partial charge on any atom is 0.428 e. The van der Waals surface area contributed by atoms with Crippen LogP contribution in [0.5, 0.6) is 0 Å². The summed E-state index contributed by atoms with van der Waals surface area (Å²) < 4.78 is 4.95. The van der Waals surface area contributed by atoms with Crippen LogP contribution in [0, 0.1) is 5.92 Å². The molecule has 0 atom stereocenters. The molecule has 17 heavy (non-hydrogen) atoms. The summed E-state index contributed by atoms with van der Waals surface area (Å²) in [6.45, 7) is 5.17. The van der Waals surface area contributed by atoms with E-state index in [1.165, 1.54) is 0 Å². The van der Waals surface area contributed by atoms with Gasteiger partial charge in [-0.2, -0.15) is 5.10 Å². The molecule has 96 valence electrons. The maximum absolute atomic E-state index is 11.3. The summed E-state index contributed by atoms with van der Waals surface area (Å²) in [6.07, 6.45) is 1.88. The van der Waals surface area contributed by atoms with Crippen molar-refractivity contribution in [2.45, 2.75) is 45.6 Å². The van der Waals surface area contributed by atoms with Crippen LogP contribution < -0.4 is 5.43 Å². The van der Waals surface area contributed by atoms with Crippen LogP contribution in [-0.4, -0.2) is 28.5 Å². The minimum absolute atomic E-state index is 0.00195. The van der Waals surface area contributed by atoms with E-state index in [2.05, 4.69) is 10.5 Å². The van der Waals surface area contributed by atoms with Crippen molar-refractivity contribution in [2.75, 3.05) is 0 Å². The Hall–Kier alpha value is -1.59. The number of carbonyl (C=O) groups excluding carboxylic acids is 1. The van der Waals surface area contributed by atoms with Crippen LogP contribution in [-0.2, 0) is 9.53 Å². The number of amides is 1. The van der Waals surface area contributed by atoms with Crippen molar-refractivity contribution in [2.24, 2.45) is 11.0 Å². The lowest BCUT2D eigenvalue weighted by Crippen LogP contribution is -2.34. The lowest BCUT2D eigenvalue weighted by atomic mass is 9.82. The number of hydrogen-bond donors (Lipinski definition) is 2. The highest BCUT2D eigenvalue weighted by Crippen LogP contribution is 2.27. The zero-order chi connectivity index (χ0) is 13.1. The number of nitrogens with one attached hydrogen (secondary N) is 1. The highest BCUT2D eigenvalue weighted by molar-refractivity contribution is 6.36. The minimum atomic E-state index is -1.09. The fraction of sp³-hybridized carbons (Fsp3) is 0.727. The van der Waals surface area contributed by atoms with Gasteiger partial charge in [-0.05, 0) is 33.6 Å². The second-order valence-electron chi connectivity index (χ2n) is 5.04. The second kappa shape index (κ2) is 5.16. The Bertz CT molecular complexity index is 340. The summed E-state index contributed by atoms with van der Waals surface area (Å²) in [5, 5.41) is 12.6. The Kier molecular flexibility index (Phi) is 4.09. The van der Waals surface area contributed by atoms with Crippen LogP contribution in [0.4, 0.5) is 4.79 Å². The van der Waals surface area contributed by atoms with Crippen molar-refractivity contribution in [1.29, 1.82) is 0 Å². The van der Waals surface area contributed by atoms with Crippen LogP contribution in [0.3, 0.4) is 0 Å². The number of hydrogen-bond acceptors (Lipinski definition) is 4. The molecule has 0 aliphatic heterocycles. The van der Waals surface area contributed by atoms with Crippen molar-refractivity contribution in [3.63, 3.8) is 0 Å². The molecular weight excluding hydrogens is 224 g/mol. The number of carboxylic acids is 1. The summed E-state index contributed by atoms with van der Waals surface area (Å²) in [5.74, 6) is -1.15. The molecule has 0 aromatic heterocycles. The first-order chi connectivity index (χ1) is 7.79. The van der Waals surface area contributed by atoms with E-state index in [9.17, 15) is 9.59 Å². The molecule has 1 aliphatic rings. The minimum Gasteiger partial charge on any atom is -0.477 e. The van der Waals surface area contributed by atoms with Gasteiger partial charge < -0.3 is 9.84 Å². The van der Waals surface area contributed by atoms with Gasteiger partial charge in [0.2, 0.25) is 0 Å². The van der Waals surface area contributed by atoms with E-state index in [0.717, 1.165) is 19.3 Å². The van der Waals surface area contributed by atoms with Gasteiger partial charge >= 0.3 is 12.1 Å². The number of carboxylic acid groups (broad SMARTS) is 1. The molecular formula is C11H18N2O4. The van der Waals surface area contributed by atoms with Crippen molar-refractivity contribution < 1.29 is 19.4 Å². The highest BCUT2D eigenvalue weighted by atomic mass is 16.6. The largest absolute Gasteiger partial charge is 0.477 e. The van der Waals surface area contributed by atoms with Crippen molar-refractivity contribution >= 4 is 17.8 Å². The molecule has 0 aromatic carbocycles. The number of ether oxygens (including phenoxy) is 1. The smallest absolute Gasteiger partial charge is 0.428 e. The molecule has 6 heteroatoms. The molecule has 1 saturated carbocycles. The Morgan fingerprint density at radius 3 is 2.29 bits per heavy atom. The van der Waals surface area contributed by atoms with Gasteiger partial charge in [-0.3, -0.25) is 0 Å². The van der Waals surface area contributed by atoms with Crippen LogP contribution in [0.1, 0.15) is 40.0 Å². The van der Waals surface area contributed by atoms with Gasteiger partial charge in [-0.15, -0.1) is 0 Å². The molecule has 0 unspecified atom stereocenters. The Morgan fingerprint density at radius 1 is 1.35 bits per heavy atom. The second-order valence-corrected chi connectivity index (χ2v) is 5.04. The third-order valence-electron chi connectivity index (χ3n) is 2.38. The fourth-order valence-corrected chi connectivity index (χ4v) is 1.40. The molecule has 2 N–H and O–H groups in total. The molecule has 1 fully saturated rings. The van der Waals surface area contributed by atoms with Gasteiger partial charge in [-0.1, -0.05) is 6.42 Å². The summed E-state index contributed by atoms with van der Waals surface area (Å²) >= 11 is 0. The predicted molar refractivity (Wildman–Crippen MR) is 61.8 cm³/mol. The van der Waals surface area contributed by atoms with Gasteiger partial charge in [0.15, 0.2) is 0 Å². The van der Waals surface area contributed by atoms with E-state index in [-0.39, 0.29) is 11.6 Å². The van der Waals surface area contributed by atoms with E-state index in [4.69, 9.17) is 9.84 Å². The first-order valence-corrected chi connectivity index (χ1v) is 5.59. The molecule has 1 rings (SSSR count). The van der Waals surface area contributed by atoms with Crippen LogP contribution >= 0.6 is 0 Å². The average Bonchev–Trinajstić information content (AvgIpc) is 2.04. The van der Waals surface area contributed by atoms with Crippen molar-refractivity contribution in [3.05, 3.63) is 0 Å². The molecule has 1 amide bonds. The lowest BCUT2D eigenvalue weighted by Gasteiger charge is -2.24. The molecule has 0 heterocycles. The SMILES string of the molecule is CC(C)(C)OC(=O)NN=C(C(=O)O)C1CCC1. The van der Waals surface area contributed by atoms with Crippen LogP contribution in [0.25, 0.3) is 0 Å². The fourth-order valence-electron chi connectivity index (χ4n) is 1.40. The number of hydrazone groups is 1. The number of carbonyl (C=O) groups is 2. The normalized spacial score (nSPS) is 17.2. The highest BCUT2D eigenvalue weighted by Gasteiger charge is 2.28. The third-order valence-corrected chi connectivity index (χ3v) is 2.38. The molecule has 0 radical (unpaired) electrons. The lowest BCUT2D eigenvalue weighted by molar-refractivity contribution is -0.129. The van der Waals surface area contributed by atoms with E-state index in [1.807, 2.05) is 0 Å². The first-order valence-electron chi connectivity index (χ1n) is 5.59. The zero-order valence-corrected chi connectivity index (χ0v) is 10.3.